The maximum Gasteiger partial charge on any atom is 0.435 e. The van der Waals surface area contributed by atoms with E-state index < -0.39 is 11.9 Å². The fraction of sp³-hybridized carbons (Fsp3) is 0.250. The highest BCUT2D eigenvalue weighted by atomic mass is 19.4. The number of hydrogen-bond acceptors (Lipinski definition) is 3. The van der Waals surface area contributed by atoms with Crippen LogP contribution in [0.15, 0.2) is 24.3 Å². The van der Waals surface area contributed by atoms with Crippen LogP contribution in [0.25, 0.3) is 0 Å². The van der Waals surface area contributed by atoms with E-state index in [2.05, 4.69) is 5.10 Å². The number of aryl methyl sites for hydroxylation is 1. The molecule has 0 spiro atoms. The van der Waals surface area contributed by atoms with E-state index in [0.717, 1.165) is 4.68 Å². The number of nitrogens with zero attached hydrogens (tertiary/aromatic N) is 2. The molecule has 0 bridgehead atoms. The summed E-state index contributed by atoms with van der Waals surface area (Å²) < 4.78 is 44.4. The lowest BCUT2D eigenvalue weighted by atomic mass is 10.2. The quantitative estimate of drug-likeness (QED) is 0.912. The molecular weight excluding hydrogens is 261 g/mol. The molecule has 2 rings (SSSR count). The number of benzene rings is 1. The predicted octanol–water partition coefficient (Wildman–Crippen LogP) is 3.25. The molecule has 0 atom stereocenters. The third-order valence-corrected chi connectivity index (χ3v) is 2.54. The van der Waals surface area contributed by atoms with E-state index in [0.29, 0.717) is 5.75 Å². The van der Waals surface area contributed by atoms with Crippen LogP contribution >= 0.6 is 0 Å². The summed E-state index contributed by atoms with van der Waals surface area (Å²) in [5.74, 6) is 0.376. The van der Waals surface area contributed by atoms with Crippen LogP contribution in [0.3, 0.4) is 0 Å². The molecule has 0 unspecified atom stereocenters. The summed E-state index contributed by atoms with van der Waals surface area (Å²) >= 11 is 0. The first kappa shape index (κ1) is 13.3. The summed E-state index contributed by atoms with van der Waals surface area (Å²) in [5.41, 5.74) is -1.05. The number of rotatable bonds is 2. The normalized spacial score (nSPS) is 11.6. The van der Waals surface area contributed by atoms with Crippen LogP contribution in [0, 0.1) is 6.92 Å². The van der Waals surface area contributed by atoms with Gasteiger partial charge in [0.1, 0.15) is 11.5 Å². The smallest absolute Gasteiger partial charge is 0.435 e. The lowest BCUT2D eigenvalue weighted by Crippen LogP contribution is -2.08. The molecule has 0 aliphatic heterocycles. The van der Waals surface area contributed by atoms with Gasteiger partial charge in [0.15, 0.2) is 5.69 Å². The lowest BCUT2D eigenvalue weighted by Gasteiger charge is -2.07. The van der Waals surface area contributed by atoms with Gasteiger partial charge in [-0.05, 0) is 31.2 Å². The zero-order valence-electron chi connectivity index (χ0n) is 10.2. The van der Waals surface area contributed by atoms with Crippen LogP contribution in [0.4, 0.5) is 13.2 Å². The summed E-state index contributed by atoms with van der Waals surface area (Å²) in [6, 6.07) is 5.67. The third kappa shape index (κ3) is 2.64. The third-order valence-electron chi connectivity index (χ3n) is 2.54. The molecule has 102 valence electrons. The molecule has 0 radical (unpaired) electrons. The second-order valence-corrected chi connectivity index (χ2v) is 4.00. The molecule has 19 heavy (non-hydrogen) atoms. The maximum absolute atomic E-state index is 12.7. The minimum atomic E-state index is -4.52. The van der Waals surface area contributed by atoms with Crippen molar-refractivity contribution in [3.05, 3.63) is 35.5 Å². The van der Waals surface area contributed by atoms with Crippen LogP contribution in [0.2, 0.25) is 0 Å². The Labute approximate surface area is 107 Å². The van der Waals surface area contributed by atoms with E-state index in [4.69, 9.17) is 9.84 Å². The van der Waals surface area contributed by atoms with Gasteiger partial charge in [-0.3, -0.25) is 0 Å². The van der Waals surface area contributed by atoms with E-state index in [1.807, 2.05) is 0 Å². The molecule has 0 fully saturated rings. The van der Waals surface area contributed by atoms with Gasteiger partial charge in [-0.15, -0.1) is 0 Å². The summed E-state index contributed by atoms with van der Waals surface area (Å²) in [6.07, 6.45) is -4.52. The van der Waals surface area contributed by atoms with Crippen LogP contribution in [-0.2, 0) is 13.2 Å². The molecule has 1 heterocycles. The minimum Gasteiger partial charge on any atom is -0.508 e. The second-order valence-electron chi connectivity index (χ2n) is 4.00. The Hall–Kier alpha value is -2.18. The molecular formula is C12H11F3N2O2. The Balaban J connectivity index is 2.36. The standard InChI is InChI=1S/C12H11F3N2O2/c1-7-10(12(13,14)15)16-17(2)11(7)19-9-5-3-8(18)4-6-9/h3-6,18H,1-2H3. The highest BCUT2D eigenvalue weighted by Crippen LogP contribution is 2.36. The van der Waals surface area contributed by atoms with Gasteiger partial charge in [-0.25, -0.2) is 4.68 Å². The second kappa shape index (κ2) is 4.49. The van der Waals surface area contributed by atoms with Crippen molar-refractivity contribution in [2.45, 2.75) is 13.1 Å². The van der Waals surface area contributed by atoms with Crippen molar-refractivity contribution < 1.29 is 23.0 Å². The molecule has 0 saturated carbocycles. The SMILES string of the molecule is Cc1c(C(F)(F)F)nn(C)c1Oc1ccc(O)cc1. The average molecular weight is 272 g/mol. The van der Waals surface area contributed by atoms with Gasteiger partial charge >= 0.3 is 6.18 Å². The Kier molecular flexibility index (Phi) is 3.13. The highest BCUT2D eigenvalue weighted by Gasteiger charge is 2.38. The topological polar surface area (TPSA) is 47.3 Å². The van der Waals surface area contributed by atoms with Gasteiger partial charge in [0, 0.05) is 12.6 Å². The summed E-state index contributed by atoms with van der Waals surface area (Å²) in [4.78, 5) is 0. The van der Waals surface area contributed by atoms with Gasteiger partial charge in [0.25, 0.3) is 0 Å². The highest BCUT2D eigenvalue weighted by molar-refractivity contribution is 5.37. The number of halogens is 3. The first-order valence-electron chi connectivity index (χ1n) is 5.36. The fourth-order valence-electron chi connectivity index (χ4n) is 1.65. The number of alkyl halides is 3. The summed E-state index contributed by atoms with van der Waals surface area (Å²) in [6.45, 7) is 1.30. The first-order chi connectivity index (χ1) is 8.79. The number of aromatic hydroxyl groups is 1. The van der Waals surface area contributed by atoms with Gasteiger partial charge in [-0.2, -0.15) is 18.3 Å². The number of phenolic OH excluding ortho intramolecular Hbond substituents is 1. The lowest BCUT2D eigenvalue weighted by molar-refractivity contribution is -0.141. The Morgan fingerprint density at radius 1 is 1.21 bits per heavy atom. The predicted molar refractivity (Wildman–Crippen MR) is 61.1 cm³/mol. The Bertz CT molecular complexity index is 588. The van der Waals surface area contributed by atoms with Crippen molar-refractivity contribution in [3.63, 3.8) is 0 Å². The van der Waals surface area contributed by atoms with E-state index in [-0.39, 0.29) is 17.2 Å². The van der Waals surface area contributed by atoms with Crippen molar-refractivity contribution in [1.29, 1.82) is 0 Å². The molecule has 0 saturated heterocycles. The van der Waals surface area contributed by atoms with Crippen molar-refractivity contribution in [1.82, 2.24) is 9.78 Å². The molecule has 0 aliphatic carbocycles. The van der Waals surface area contributed by atoms with Crippen molar-refractivity contribution >= 4 is 0 Å². The molecule has 7 heteroatoms. The molecule has 1 aromatic heterocycles. The monoisotopic (exact) mass is 272 g/mol. The molecule has 1 aromatic carbocycles. The van der Waals surface area contributed by atoms with Crippen LogP contribution in [-0.4, -0.2) is 14.9 Å². The fourth-order valence-corrected chi connectivity index (χ4v) is 1.65. The molecule has 1 N–H and O–H groups in total. The summed E-state index contributed by atoms with van der Waals surface area (Å²) in [5, 5.41) is 12.5. The number of ether oxygens (including phenoxy) is 1. The van der Waals surface area contributed by atoms with Gasteiger partial charge in [0.05, 0.1) is 0 Å². The van der Waals surface area contributed by atoms with Crippen molar-refractivity contribution in [2.75, 3.05) is 0 Å². The van der Waals surface area contributed by atoms with E-state index in [1.165, 1.54) is 38.2 Å². The number of aromatic nitrogens is 2. The molecule has 2 aromatic rings. The van der Waals surface area contributed by atoms with Crippen LogP contribution in [0.1, 0.15) is 11.3 Å². The van der Waals surface area contributed by atoms with Gasteiger partial charge in [-0.1, -0.05) is 0 Å². The van der Waals surface area contributed by atoms with Crippen molar-refractivity contribution in [2.24, 2.45) is 7.05 Å². The Morgan fingerprint density at radius 3 is 2.26 bits per heavy atom. The van der Waals surface area contributed by atoms with Crippen molar-refractivity contribution in [3.8, 4) is 17.4 Å². The largest absolute Gasteiger partial charge is 0.508 e. The zero-order chi connectivity index (χ0) is 14.2. The Morgan fingerprint density at radius 2 is 1.79 bits per heavy atom. The van der Waals surface area contributed by atoms with E-state index in [9.17, 15) is 13.2 Å². The summed E-state index contributed by atoms with van der Waals surface area (Å²) in [7, 11) is 1.37. The maximum atomic E-state index is 12.7. The van der Waals surface area contributed by atoms with Crippen LogP contribution < -0.4 is 4.74 Å². The van der Waals surface area contributed by atoms with E-state index in [1.54, 1.807) is 0 Å². The van der Waals surface area contributed by atoms with E-state index >= 15 is 0 Å². The zero-order valence-corrected chi connectivity index (χ0v) is 10.2. The molecule has 0 aliphatic rings. The average Bonchev–Trinajstić information content (AvgIpc) is 2.59. The van der Waals surface area contributed by atoms with Gasteiger partial charge < -0.3 is 9.84 Å². The minimum absolute atomic E-state index is 0.0121. The molecule has 4 nitrogen and oxygen atoms in total. The number of hydrogen-bond donors (Lipinski definition) is 1. The number of phenols is 1. The molecule has 0 amide bonds. The first-order valence-corrected chi connectivity index (χ1v) is 5.36. The van der Waals surface area contributed by atoms with Gasteiger partial charge in [0.2, 0.25) is 5.88 Å². The van der Waals surface area contributed by atoms with Crippen LogP contribution in [0.5, 0.6) is 17.4 Å².